The Morgan fingerprint density at radius 2 is 1.68 bits per heavy atom. The molecule has 1 N–H and O–H groups in total. The van der Waals surface area contributed by atoms with Crippen molar-refractivity contribution in [2.75, 3.05) is 13.2 Å². The average molecular weight is 412 g/mol. The van der Waals surface area contributed by atoms with E-state index >= 15 is 0 Å². The number of fused-ring (bicyclic) bond motifs is 1. The summed E-state index contributed by atoms with van der Waals surface area (Å²) < 4.78 is 17.6. The number of rotatable bonds is 5. The van der Waals surface area contributed by atoms with Crippen LogP contribution < -0.4 is 14.8 Å². The molecule has 0 radical (unpaired) electrons. The highest BCUT2D eigenvalue weighted by Crippen LogP contribution is 2.31. The van der Waals surface area contributed by atoms with Gasteiger partial charge in [0.15, 0.2) is 17.3 Å². The Morgan fingerprint density at radius 1 is 0.935 bits per heavy atom. The lowest BCUT2D eigenvalue weighted by Gasteiger charge is -2.26. The van der Waals surface area contributed by atoms with E-state index in [2.05, 4.69) is 10.3 Å². The third kappa shape index (κ3) is 4.00. The summed E-state index contributed by atoms with van der Waals surface area (Å²) in [6.07, 6.45) is 1.40. The number of amides is 1. The second-order valence-electron chi connectivity index (χ2n) is 7.15. The fraction of sp³-hybridized carbons (Fsp3) is 0.120. The van der Waals surface area contributed by atoms with Gasteiger partial charge in [-0.25, -0.2) is 4.98 Å². The van der Waals surface area contributed by atoms with Gasteiger partial charge < -0.3 is 19.2 Å². The van der Waals surface area contributed by atoms with Gasteiger partial charge in [-0.1, -0.05) is 54.6 Å². The summed E-state index contributed by atoms with van der Waals surface area (Å²) in [5.74, 6) is 2.22. The van der Waals surface area contributed by atoms with E-state index in [1.807, 2.05) is 72.8 Å². The minimum atomic E-state index is -0.266. The lowest BCUT2D eigenvalue weighted by atomic mass is 10.1. The Labute approximate surface area is 179 Å². The van der Waals surface area contributed by atoms with Crippen LogP contribution in [0.2, 0.25) is 0 Å². The zero-order chi connectivity index (χ0) is 21.0. The third-order valence-electron chi connectivity index (χ3n) is 5.02. The summed E-state index contributed by atoms with van der Waals surface area (Å²) in [7, 11) is 0. The van der Waals surface area contributed by atoms with E-state index in [1.165, 1.54) is 0 Å². The minimum Gasteiger partial charge on any atom is -0.486 e. The van der Waals surface area contributed by atoms with Crippen LogP contribution in [0.15, 0.2) is 89.5 Å². The molecule has 3 aromatic carbocycles. The molecule has 0 bridgehead atoms. The maximum Gasteiger partial charge on any atom is 0.252 e. The summed E-state index contributed by atoms with van der Waals surface area (Å²) in [4.78, 5) is 17.3. The highest BCUT2D eigenvalue weighted by atomic mass is 16.6. The number of ether oxygens (including phenoxy) is 2. The van der Waals surface area contributed by atoms with Gasteiger partial charge in [-0.3, -0.25) is 4.79 Å². The Hall–Kier alpha value is -4.06. The highest BCUT2D eigenvalue weighted by Gasteiger charge is 2.22. The largest absolute Gasteiger partial charge is 0.486 e. The van der Waals surface area contributed by atoms with Crippen LogP contribution in [0.1, 0.15) is 10.4 Å². The van der Waals surface area contributed by atoms with E-state index in [-0.39, 0.29) is 12.0 Å². The van der Waals surface area contributed by atoms with Gasteiger partial charge in [0.25, 0.3) is 5.91 Å². The van der Waals surface area contributed by atoms with Crippen LogP contribution >= 0.6 is 0 Å². The standard InChI is InChI=1S/C25H20N2O4/c28-24(26-14-18-16-29-21-12-6-7-13-22(21)30-18)19-10-4-5-11-20(19)25-27-15-23(31-25)17-8-2-1-3-9-17/h1-13,15,18H,14,16H2,(H,26,28). The SMILES string of the molecule is O=C(NCC1COc2ccccc2O1)c1ccccc1-c1ncc(-c2ccccc2)o1. The van der Waals surface area contributed by atoms with Crippen LogP contribution in [0.3, 0.4) is 0 Å². The van der Waals surface area contributed by atoms with E-state index in [9.17, 15) is 4.79 Å². The van der Waals surface area contributed by atoms with Crippen LogP contribution in [-0.2, 0) is 0 Å². The molecule has 0 saturated heterocycles. The number of hydrogen-bond donors (Lipinski definition) is 1. The van der Waals surface area contributed by atoms with Gasteiger partial charge in [0, 0.05) is 11.1 Å². The molecule has 0 fully saturated rings. The van der Waals surface area contributed by atoms with E-state index in [0.717, 1.165) is 5.56 Å². The first-order valence-electron chi connectivity index (χ1n) is 10.1. The topological polar surface area (TPSA) is 73.6 Å². The molecular formula is C25H20N2O4. The number of nitrogens with one attached hydrogen (secondary N) is 1. The van der Waals surface area contributed by atoms with E-state index in [1.54, 1.807) is 12.3 Å². The van der Waals surface area contributed by atoms with Gasteiger partial charge in [-0.2, -0.15) is 0 Å². The second kappa shape index (κ2) is 8.36. The molecule has 1 unspecified atom stereocenters. The number of carbonyl (C=O) groups is 1. The fourth-order valence-corrected chi connectivity index (χ4v) is 3.47. The molecule has 6 heteroatoms. The van der Waals surface area contributed by atoms with Crippen molar-refractivity contribution in [3.05, 3.63) is 90.6 Å². The van der Waals surface area contributed by atoms with Gasteiger partial charge in [-0.15, -0.1) is 0 Å². The molecule has 0 saturated carbocycles. The number of para-hydroxylation sites is 2. The predicted molar refractivity (Wildman–Crippen MR) is 116 cm³/mol. The monoisotopic (exact) mass is 412 g/mol. The first-order chi connectivity index (χ1) is 15.3. The van der Waals surface area contributed by atoms with Gasteiger partial charge in [0.2, 0.25) is 5.89 Å². The number of benzene rings is 3. The van der Waals surface area contributed by atoms with Crippen molar-refractivity contribution in [1.82, 2.24) is 10.3 Å². The number of aromatic nitrogens is 1. The molecule has 1 amide bonds. The van der Waals surface area contributed by atoms with Gasteiger partial charge in [0.1, 0.15) is 12.7 Å². The summed E-state index contributed by atoms with van der Waals surface area (Å²) in [6, 6.07) is 24.5. The third-order valence-corrected chi connectivity index (χ3v) is 5.02. The van der Waals surface area contributed by atoms with Crippen molar-refractivity contribution in [3.63, 3.8) is 0 Å². The number of hydrogen-bond acceptors (Lipinski definition) is 5. The Balaban J connectivity index is 1.31. The van der Waals surface area contributed by atoms with Crippen molar-refractivity contribution < 1.29 is 18.7 Å². The molecule has 5 rings (SSSR count). The molecule has 0 aliphatic carbocycles. The van der Waals surface area contributed by atoms with Crippen LogP contribution in [0.5, 0.6) is 11.5 Å². The summed E-state index contributed by atoms with van der Waals surface area (Å²) >= 11 is 0. The molecule has 154 valence electrons. The van der Waals surface area contributed by atoms with E-state index < -0.39 is 0 Å². The van der Waals surface area contributed by atoms with Gasteiger partial charge in [-0.05, 0) is 24.3 Å². The highest BCUT2D eigenvalue weighted by molar-refractivity contribution is 6.00. The maximum atomic E-state index is 12.9. The van der Waals surface area contributed by atoms with Crippen LogP contribution in [0.4, 0.5) is 0 Å². The van der Waals surface area contributed by atoms with E-state index in [4.69, 9.17) is 13.9 Å². The molecule has 2 heterocycles. The minimum absolute atomic E-state index is 0.225. The molecule has 1 aliphatic rings. The summed E-state index contributed by atoms with van der Waals surface area (Å²) in [6.45, 7) is 0.696. The normalized spacial score (nSPS) is 14.8. The number of nitrogens with zero attached hydrogens (tertiary/aromatic N) is 1. The molecule has 4 aromatic rings. The van der Waals surface area contributed by atoms with Crippen LogP contribution in [0, 0.1) is 0 Å². The molecule has 6 nitrogen and oxygen atoms in total. The lowest BCUT2D eigenvalue weighted by Crippen LogP contribution is -2.40. The molecule has 1 aliphatic heterocycles. The summed E-state index contributed by atoms with van der Waals surface area (Å²) in [5.41, 5.74) is 2.05. The lowest BCUT2D eigenvalue weighted by molar-refractivity contribution is 0.0789. The van der Waals surface area contributed by atoms with Crippen molar-refractivity contribution in [3.8, 4) is 34.3 Å². The zero-order valence-electron chi connectivity index (χ0n) is 16.7. The van der Waals surface area contributed by atoms with Crippen molar-refractivity contribution >= 4 is 5.91 Å². The maximum absolute atomic E-state index is 12.9. The smallest absolute Gasteiger partial charge is 0.252 e. The Bertz CT molecular complexity index is 1200. The van der Waals surface area contributed by atoms with Crippen molar-refractivity contribution in [2.24, 2.45) is 0 Å². The van der Waals surface area contributed by atoms with Gasteiger partial charge >= 0.3 is 0 Å². The first-order valence-corrected chi connectivity index (χ1v) is 10.1. The second-order valence-corrected chi connectivity index (χ2v) is 7.15. The first kappa shape index (κ1) is 18.9. The van der Waals surface area contributed by atoms with Crippen LogP contribution in [-0.4, -0.2) is 30.1 Å². The average Bonchev–Trinajstić information content (AvgIpc) is 3.33. The molecule has 31 heavy (non-hydrogen) atoms. The molecule has 0 spiro atoms. The van der Waals surface area contributed by atoms with Gasteiger partial charge in [0.05, 0.1) is 18.3 Å². The van der Waals surface area contributed by atoms with E-state index in [0.29, 0.717) is 47.4 Å². The quantitative estimate of drug-likeness (QED) is 0.519. The van der Waals surface area contributed by atoms with Crippen molar-refractivity contribution in [1.29, 1.82) is 0 Å². The summed E-state index contributed by atoms with van der Waals surface area (Å²) in [5, 5.41) is 2.93. The Morgan fingerprint density at radius 3 is 2.55 bits per heavy atom. The molecular weight excluding hydrogens is 392 g/mol. The molecule has 1 aromatic heterocycles. The fourth-order valence-electron chi connectivity index (χ4n) is 3.47. The predicted octanol–water partition coefficient (Wildman–Crippen LogP) is 4.58. The Kier molecular flexibility index (Phi) is 5.10. The molecule has 1 atom stereocenters. The number of carbonyl (C=O) groups excluding carboxylic acids is 1. The number of oxazole rings is 1. The zero-order valence-corrected chi connectivity index (χ0v) is 16.7. The van der Waals surface area contributed by atoms with Crippen LogP contribution in [0.25, 0.3) is 22.8 Å². The van der Waals surface area contributed by atoms with Crippen molar-refractivity contribution in [2.45, 2.75) is 6.10 Å².